The first-order chi connectivity index (χ1) is 20.1. The van der Waals surface area contributed by atoms with E-state index in [-0.39, 0.29) is 12.0 Å². The fourth-order valence-electron chi connectivity index (χ4n) is 4.19. The van der Waals surface area contributed by atoms with Crippen LogP contribution < -0.4 is 10.1 Å². The van der Waals surface area contributed by atoms with Gasteiger partial charge in [0, 0.05) is 34.9 Å². The van der Waals surface area contributed by atoms with E-state index in [2.05, 4.69) is 6.92 Å². The Kier molecular flexibility index (Phi) is 10.1. The number of aliphatic carboxylic acids is 1. The van der Waals surface area contributed by atoms with Gasteiger partial charge in [-0.05, 0) is 24.1 Å². The number of nitrogens with one attached hydrogen (secondary N) is 1. The van der Waals surface area contributed by atoms with Gasteiger partial charge in [-0.15, -0.1) is 11.3 Å². The van der Waals surface area contributed by atoms with E-state index >= 15 is 0 Å². The number of allylic oxidation sites excluding steroid dienone is 2. The average molecular weight is 595 g/mol. The third-order valence-electron chi connectivity index (χ3n) is 6.36. The third-order valence-corrected chi connectivity index (χ3v) is 7.65. The first-order valence-electron chi connectivity index (χ1n) is 13.3. The Hall–Kier alpha value is -4.44. The van der Waals surface area contributed by atoms with Gasteiger partial charge < -0.3 is 15.2 Å². The number of hydrogen-bond donors (Lipinski definition) is 2. The normalized spacial score (nSPS) is 12.5. The van der Waals surface area contributed by atoms with Crippen molar-refractivity contribution in [1.82, 2.24) is 10.3 Å². The van der Waals surface area contributed by atoms with Gasteiger partial charge in [0.25, 0.3) is 0 Å². The SMILES string of the molecule is CCc1sc(-c2ccccc2)nc1CCOc1ccc(C[C@H](N/C(=C\C(=O)c2ccccc2)C(F)(F)F)C(=O)O)cc1. The number of nitrogens with zero attached hydrogens (tertiary/aromatic N) is 1. The predicted octanol–water partition coefficient (Wildman–Crippen LogP) is 6.91. The van der Waals surface area contributed by atoms with Gasteiger partial charge in [-0.1, -0.05) is 79.7 Å². The van der Waals surface area contributed by atoms with E-state index in [0.29, 0.717) is 30.4 Å². The first-order valence-corrected chi connectivity index (χ1v) is 14.1. The molecule has 2 N–H and O–H groups in total. The molecule has 3 aromatic carbocycles. The van der Waals surface area contributed by atoms with Gasteiger partial charge in [0.2, 0.25) is 0 Å². The second kappa shape index (κ2) is 14.0. The van der Waals surface area contributed by atoms with Crippen molar-refractivity contribution in [3.63, 3.8) is 0 Å². The summed E-state index contributed by atoms with van der Waals surface area (Å²) in [7, 11) is 0. The lowest BCUT2D eigenvalue weighted by atomic mass is 10.0. The molecule has 42 heavy (non-hydrogen) atoms. The van der Waals surface area contributed by atoms with Crippen LogP contribution in [0, 0.1) is 0 Å². The summed E-state index contributed by atoms with van der Waals surface area (Å²) in [4.78, 5) is 30.2. The molecule has 218 valence electrons. The zero-order valence-corrected chi connectivity index (χ0v) is 23.5. The minimum atomic E-state index is -4.95. The summed E-state index contributed by atoms with van der Waals surface area (Å²) in [5, 5.41) is 12.6. The largest absolute Gasteiger partial charge is 0.493 e. The number of carboxylic acids is 1. The van der Waals surface area contributed by atoms with Gasteiger partial charge in [0.05, 0.1) is 12.3 Å². The molecular weight excluding hydrogens is 565 g/mol. The van der Waals surface area contributed by atoms with Crippen LogP contribution in [-0.2, 0) is 24.1 Å². The van der Waals surface area contributed by atoms with Crippen molar-refractivity contribution in [2.45, 2.75) is 38.4 Å². The van der Waals surface area contributed by atoms with Gasteiger partial charge >= 0.3 is 12.1 Å². The van der Waals surface area contributed by atoms with Crippen LogP contribution in [0.25, 0.3) is 10.6 Å². The number of ketones is 1. The second-order valence-electron chi connectivity index (χ2n) is 9.38. The molecule has 4 aromatic rings. The molecular formula is C32H29F3N2O4S. The molecule has 0 fully saturated rings. The van der Waals surface area contributed by atoms with Crippen molar-refractivity contribution in [3.05, 3.63) is 118 Å². The molecule has 1 aromatic heterocycles. The van der Waals surface area contributed by atoms with E-state index in [1.165, 1.54) is 29.1 Å². The van der Waals surface area contributed by atoms with Crippen LogP contribution in [0.4, 0.5) is 13.2 Å². The Morgan fingerprint density at radius 1 is 1.00 bits per heavy atom. The summed E-state index contributed by atoms with van der Waals surface area (Å²) in [6.07, 6.45) is -3.35. The van der Waals surface area contributed by atoms with E-state index in [0.717, 1.165) is 22.7 Å². The highest BCUT2D eigenvalue weighted by Crippen LogP contribution is 2.29. The quantitative estimate of drug-likeness (QED) is 0.129. The number of carboxylic acid groups (broad SMARTS) is 1. The van der Waals surface area contributed by atoms with E-state index in [1.54, 1.807) is 41.7 Å². The Morgan fingerprint density at radius 3 is 2.24 bits per heavy atom. The summed E-state index contributed by atoms with van der Waals surface area (Å²) in [6.45, 7) is 2.46. The van der Waals surface area contributed by atoms with Crippen molar-refractivity contribution in [3.8, 4) is 16.3 Å². The zero-order chi connectivity index (χ0) is 30.1. The second-order valence-corrected chi connectivity index (χ2v) is 10.5. The van der Waals surface area contributed by atoms with Gasteiger partial charge in [0.15, 0.2) is 5.78 Å². The van der Waals surface area contributed by atoms with Crippen LogP contribution in [0.1, 0.15) is 33.4 Å². The maximum absolute atomic E-state index is 13.7. The smallest absolute Gasteiger partial charge is 0.431 e. The van der Waals surface area contributed by atoms with Gasteiger partial charge in [0.1, 0.15) is 22.5 Å². The summed E-state index contributed by atoms with van der Waals surface area (Å²) in [5.41, 5.74) is 1.16. The Bertz CT molecular complexity index is 1520. The highest BCUT2D eigenvalue weighted by molar-refractivity contribution is 7.15. The average Bonchev–Trinajstić information content (AvgIpc) is 3.40. The molecule has 0 spiro atoms. The van der Waals surface area contributed by atoms with E-state index in [4.69, 9.17) is 9.72 Å². The van der Waals surface area contributed by atoms with Gasteiger partial charge in [-0.25, -0.2) is 9.78 Å². The predicted molar refractivity (Wildman–Crippen MR) is 156 cm³/mol. The lowest BCUT2D eigenvalue weighted by Gasteiger charge is -2.20. The van der Waals surface area contributed by atoms with Crippen molar-refractivity contribution in [2.75, 3.05) is 6.61 Å². The number of aryl methyl sites for hydroxylation is 1. The number of rotatable bonds is 13. The zero-order valence-electron chi connectivity index (χ0n) is 22.7. The minimum absolute atomic E-state index is 0.0563. The summed E-state index contributed by atoms with van der Waals surface area (Å²) in [6, 6.07) is 22.3. The highest BCUT2D eigenvalue weighted by Gasteiger charge is 2.37. The number of benzene rings is 3. The van der Waals surface area contributed by atoms with Crippen molar-refractivity contribution in [2.24, 2.45) is 0 Å². The molecule has 0 saturated heterocycles. The van der Waals surface area contributed by atoms with Crippen LogP contribution in [0.5, 0.6) is 5.75 Å². The number of alkyl halides is 3. The fourth-order valence-corrected chi connectivity index (χ4v) is 5.25. The van der Waals surface area contributed by atoms with Crippen LogP contribution in [0.3, 0.4) is 0 Å². The molecule has 4 rings (SSSR count). The lowest BCUT2D eigenvalue weighted by Crippen LogP contribution is -2.42. The molecule has 0 aliphatic heterocycles. The Balaban J connectivity index is 1.38. The first kappa shape index (κ1) is 30.5. The monoisotopic (exact) mass is 594 g/mol. The van der Waals surface area contributed by atoms with Crippen LogP contribution >= 0.6 is 11.3 Å². The molecule has 1 atom stereocenters. The fraction of sp³-hybridized carbons (Fsp3) is 0.219. The molecule has 0 aliphatic rings. The van der Waals surface area contributed by atoms with Crippen LogP contribution in [0.2, 0.25) is 0 Å². The Labute approximate surface area is 245 Å². The number of hydrogen-bond acceptors (Lipinski definition) is 6. The molecule has 0 unspecified atom stereocenters. The van der Waals surface area contributed by atoms with Crippen molar-refractivity contribution < 1.29 is 32.6 Å². The van der Waals surface area contributed by atoms with Crippen molar-refractivity contribution >= 4 is 23.1 Å². The van der Waals surface area contributed by atoms with E-state index in [1.807, 2.05) is 35.6 Å². The molecule has 0 radical (unpaired) electrons. The summed E-state index contributed by atoms with van der Waals surface area (Å²) < 4.78 is 46.9. The Morgan fingerprint density at radius 2 is 1.64 bits per heavy atom. The van der Waals surface area contributed by atoms with Crippen LogP contribution in [0.15, 0.2) is 96.7 Å². The number of halogens is 3. The molecule has 6 nitrogen and oxygen atoms in total. The van der Waals surface area contributed by atoms with Crippen LogP contribution in [-0.4, -0.2) is 40.7 Å². The maximum Gasteiger partial charge on any atom is 0.431 e. The van der Waals surface area contributed by atoms with E-state index in [9.17, 15) is 27.9 Å². The minimum Gasteiger partial charge on any atom is -0.493 e. The molecule has 10 heteroatoms. The summed E-state index contributed by atoms with van der Waals surface area (Å²) in [5.74, 6) is -1.83. The molecule has 0 bridgehead atoms. The number of carbonyl (C=O) groups excluding carboxylic acids is 1. The molecule has 0 saturated carbocycles. The highest BCUT2D eigenvalue weighted by atomic mass is 32.1. The number of ether oxygens (including phenoxy) is 1. The molecule has 0 aliphatic carbocycles. The standard InChI is InChI=1S/C32H29F3N2O4S/c1-2-28-25(37-30(42-28)23-11-7-4-8-12-23)17-18-41-24-15-13-21(14-16-24)19-26(31(39)40)36-29(32(33,34)35)20-27(38)22-9-5-3-6-10-22/h3-16,20,26,36H,2,17-19H2,1H3,(H,39,40)/b29-20-/t26-/m0/s1. The third kappa shape index (κ3) is 8.29. The van der Waals surface area contributed by atoms with Crippen molar-refractivity contribution in [1.29, 1.82) is 0 Å². The number of thiazole rings is 1. The summed E-state index contributed by atoms with van der Waals surface area (Å²) >= 11 is 1.66. The topological polar surface area (TPSA) is 88.5 Å². The van der Waals surface area contributed by atoms with Gasteiger partial charge in [-0.2, -0.15) is 13.2 Å². The molecule has 1 heterocycles. The lowest BCUT2D eigenvalue weighted by molar-refractivity contribution is -0.140. The maximum atomic E-state index is 13.7. The number of carbonyl (C=O) groups is 2. The van der Waals surface area contributed by atoms with E-state index < -0.39 is 29.7 Å². The number of aromatic nitrogens is 1. The molecule has 0 amide bonds. The van der Waals surface area contributed by atoms with Gasteiger partial charge in [-0.3, -0.25) is 4.79 Å².